The molecule has 2 aromatic rings. The summed E-state index contributed by atoms with van der Waals surface area (Å²) in [5.74, 6) is 0. The number of rotatable bonds is 0. The molecule has 0 spiro atoms. The average Bonchev–Trinajstić information content (AvgIpc) is 2.48. The fourth-order valence-electron chi connectivity index (χ4n) is 2.26. The number of allylic oxidation sites excluding steroid dienone is 2. The van der Waals surface area contributed by atoms with Gasteiger partial charge in [0, 0.05) is 29.2 Å². The van der Waals surface area contributed by atoms with E-state index in [9.17, 15) is 0 Å². The van der Waals surface area contributed by atoms with Crippen LogP contribution in [0.25, 0.3) is 23.1 Å². The first-order chi connectivity index (χ1) is 7.38. The van der Waals surface area contributed by atoms with E-state index < -0.39 is 0 Å². The Balaban J connectivity index is 2.48. The second-order valence-corrected chi connectivity index (χ2v) is 3.92. The Kier molecular flexibility index (Phi) is 1.78. The molecule has 74 valence electrons. The Morgan fingerprint density at radius 1 is 1.07 bits per heavy atom. The van der Waals surface area contributed by atoms with Crippen molar-refractivity contribution in [3.05, 3.63) is 47.7 Å². The lowest BCUT2D eigenvalue weighted by Gasteiger charge is -1.98. The van der Waals surface area contributed by atoms with E-state index in [0.717, 1.165) is 6.42 Å². The van der Waals surface area contributed by atoms with Crippen LogP contribution in [0.3, 0.4) is 0 Å². The zero-order valence-electron chi connectivity index (χ0n) is 8.77. The van der Waals surface area contributed by atoms with Crippen LogP contribution >= 0.6 is 0 Å². The maximum absolute atomic E-state index is 2.26. The largest absolute Gasteiger partial charge is 0.344 e. The van der Waals surface area contributed by atoms with Crippen molar-refractivity contribution in [2.24, 2.45) is 7.05 Å². The summed E-state index contributed by atoms with van der Waals surface area (Å²) >= 11 is 0. The van der Waals surface area contributed by atoms with Gasteiger partial charge in [0.1, 0.15) is 0 Å². The fourth-order valence-corrected chi connectivity index (χ4v) is 2.26. The third kappa shape index (κ3) is 1.16. The minimum atomic E-state index is 1.03. The first-order valence-corrected chi connectivity index (χ1v) is 5.28. The maximum Gasteiger partial charge on any atom is 0.0488 e. The Bertz CT molecular complexity index is 570. The lowest BCUT2D eigenvalue weighted by molar-refractivity contribution is 0.953. The highest BCUT2D eigenvalue weighted by molar-refractivity contribution is 5.94. The van der Waals surface area contributed by atoms with Gasteiger partial charge in [0.25, 0.3) is 0 Å². The van der Waals surface area contributed by atoms with Gasteiger partial charge in [0.2, 0.25) is 0 Å². The van der Waals surface area contributed by atoms with E-state index in [1.165, 1.54) is 22.2 Å². The highest BCUT2D eigenvalue weighted by Crippen LogP contribution is 2.28. The number of nitrogens with zero attached hydrogens (tertiary/aromatic N) is 1. The molecule has 0 unspecified atom stereocenters. The van der Waals surface area contributed by atoms with Crippen molar-refractivity contribution in [3.8, 4) is 0 Å². The van der Waals surface area contributed by atoms with E-state index in [1.54, 1.807) is 0 Å². The molecule has 0 amide bonds. The van der Waals surface area contributed by atoms with Crippen molar-refractivity contribution < 1.29 is 0 Å². The maximum atomic E-state index is 2.26. The van der Waals surface area contributed by atoms with E-state index in [1.807, 2.05) is 0 Å². The molecule has 1 aliphatic carbocycles. The van der Waals surface area contributed by atoms with Gasteiger partial charge in [-0.2, -0.15) is 0 Å². The second-order valence-electron chi connectivity index (χ2n) is 3.92. The topological polar surface area (TPSA) is 4.93 Å². The number of aromatic nitrogens is 1. The summed E-state index contributed by atoms with van der Waals surface area (Å²) in [4.78, 5) is 0. The molecule has 1 heterocycles. The van der Waals surface area contributed by atoms with Crippen LogP contribution < -0.4 is 0 Å². The normalized spacial score (nSPS) is 14.2. The SMILES string of the molecule is Cn1c2c(c3ccccc31)C=CCC=C2. The molecule has 0 bridgehead atoms. The summed E-state index contributed by atoms with van der Waals surface area (Å²) in [6.45, 7) is 0. The molecular formula is C14H13N. The molecule has 0 saturated carbocycles. The molecular weight excluding hydrogens is 182 g/mol. The van der Waals surface area contributed by atoms with Gasteiger partial charge in [0.15, 0.2) is 0 Å². The average molecular weight is 195 g/mol. The highest BCUT2D eigenvalue weighted by atomic mass is 14.9. The molecule has 0 saturated heterocycles. The van der Waals surface area contributed by atoms with Gasteiger partial charge in [-0.05, 0) is 18.6 Å². The molecule has 0 fully saturated rings. The van der Waals surface area contributed by atoms with Crippen LogP contribution in [0.4, 0.5) is 0 Å². The van der Waals surface area contributed by atoms with Crippen molar-refractivity contribution in [1.29, 1.82) is 0 Å². The molecule has 1 aromatic carbocycles. The molecule has 0 aliphatic heterocycles. The molecule has 0 atom stereocenters. The summed E-state index contributed by atoms with van der Waals surface area (Å²) in [6, 6.07) is 8.56. The van der Waals surface area contributed by atoms with Crippen molar-refractivity contribution in [2.45, 2.75) is 6.42 Å². The van der Waals surface area contributed by atoms with E-state index in [0.29, 0.717) is 0 Å². The number of fused-ring (bicyclic) bond motifs is 3. The smallest absolute Gasteiger partial charge is 0.0488 e. The zero-order chi connectivity index (χ0) is 10.3. The molecule has 15 heavy (non-hydrogen) atoms. The fraction of sp³-hybridized carbons (Fsp3) is 0.143. The lowest BCUT2D eigenvalue weighted by atomic mass is 10.1. The van der Waals surface area contributed by atoms with Crippen molar-refractivity contribution in [2.75, 3.05) is 0 Å². The summed E-state index contributed by atoms with van der Waals surface area (Å²) in [7, 11) is 2.13. The Morgan fingerprint density at radius 3 is 2.80 bits per heavy atom. The van der Waals surface area contributed by atoms with Gasteiger partial charge in [-0.1, -0.05) is 36.4 Å². The van der Waals surface area contributed by atoms with Gasteiger partial charge in [0.05, 0.1) is 0 Å². The minimum Gasteiger partial charge on any atom is -0.344 e. The number of benzene rings is 1. The lowest BCUT2D eigenvalue weighted by Crippen LogP contribution is -1.90. The van der Waals surface area contributed by atoms with Gasteiger partial charge < -0.3 is 4.57 Å². The van der Waals surface area contributed by atoms with Crippen LogP contribution in [-0.2, 0) is 7.05 Å². The van der Waals surface area contributed by atoms with Gasteiger partial charge >= 0.3 is 0 Å². The molecule has 1 aliphatic rings. The number of aryl methyl sites for hydroxylation is 1. The summed E-state index contributed by atoms with van der Waals surface area (Å²) in [5.41, 5.74) is 3.96. The second kappa shape index (κ2) is 3.13. The van der Waals surface area contributed by atoms with Gasteiger partial charge in [-0.15, -0.1) is 0 Å². The molecule has 1 heteroatoms. The molecule has 0 radical (unpaired) electrons. The molecule has 0 N–H and O–H groups in total. The summed E-state index contributed by atoms with van der Waals surface area (Å²) in [5, 5.41) is 1.35. The Hall–Kier alpha value is -1.76. The van der Waals surface area contributed by atoms with Crippen LogP contribution in [0.5, 0.6) is 0 Å². The number of para-hydroxylation sites is 1. The number of hydrogen-bond donors (Lipinski definition) is 0. The Morgan fingerprint density at radius 2 is 1.87 bits per heavy atom. The standard InChI is InChI=1S/C14H13N/c1-15-13-9-4-2-3-7-11(13)12-8-5-6-10-14(12)15/h3-10H,2H2,1H3. The van der Waals surface area contributed by atoms with Crippen LogP contribution in [0.2, 0.25) is 0 Å². The third-order valence-electron chi connectivity index (χ3n) is 3.03. The summed E-state index contributed by atoms with van der Waals surface area (Å²) < 4.78 is 2.26. The van der Waals surface area contributed by atoms with E-state index in [4.69, 9.17) is 0 Å². The van der Waals surface area contributed by atoms with Crippen LogP contribution in [0.15, 0.2) is 36.4 Å². The van der Waals surface area contributed by atoms with E-state index in [2.05, 4.69) is 60.2 Å². The summed E-state index contributed by atoms with van der Waals surface area (Å²) in [6.07, 6.45) is 9.91. The predicted molar refractivity (Wildman–Crippen MR) is 65.6 cm³/mol. The van der Waals surface area contributed by atoms with E-state index >= 15 is 0 Å². The Labute approximate surface area is 89.3 Å². The van der Waals surface area contributed by atoms with Crippen molar-refractivity contribution >= 4 is 23.1 Å². The van der Waals surface area contributed by atoms with Crippen LogP contribution in [-0.4, -0.2) is 4.57 Å². The molecule has 1 aromatic heterocycles. The predicted octanol–water partition coefficient (Wildman–Crippen LogP) is 3.61. The monoisotopic (exact) mass is 195 g/mol. The minimum absolute atomic E-state index is 1.03. The van der Waals surface area contributed by atoms with Gasteiger partial charge in [-0.25, -0.2) is 0 Å². The molecule has 3 rings (SSSR count). The number of hydrogen-bond acceptors (Lipinski definition) is 0. The van der Waals surface area contributed by atoms with Gasteiger partial charge in [-0.3, -0.25) is 0 Å². The van der Waals surface area contributed by atoms with E-state index in [-0.39, 0.29) is 0 Å². The first kappa shape index (κ1) is 8.54. The molecule has 1 nitrogen and oxygen atoms in total. The highest BCUT2D eigenvalue weighted by Gasteiger charge is 2.10. The third-order valence-corrected chi connectivity index (χ3v) is 3.03. The first-order valence-electron chi connectivity index (χ1n) is 5.28. The zero-order valence-corrected chi connectivity index (χ0v) is 8.77. The van der Waals surface area contributed by atoms with Crippen LogP contribution in [0.1, 0.15) is 17.7 Å². The van der Waals surface area contributed by atoms with Crippen molar-refractivity contribution in [1.82, 2.24) is 4.57 Å². The van der Waals surface area contributed by atoms with Crippen LogP contribution in [0, 0.1) is 0 Å². The quantitative estimate of drug-likeness (QED) is 0.605. The van der Waals surface area contributed by atoms with Crippen molar-refractivity contribution in [3.63, 3.8) is 0 Å².